The van der Waals surface area contributed by atoms with E-state index in [9.17, 15) is 9.59 Å². The number of Topliss-reactive ketones (excluding diaryl/α,β-unsaturated/α-hetero) is 1. The van der Waals surface area contributed by atoms with Crippen molar-refractivity contribution >= 4 is 22.7 Å². The number of fused-ring (bicyclic) bond motifs is 1. The Morgan fingerprint density at radius 3 is 2.24 bits per heavy atom. The molecule has 4 aromatic rings. The van der Waals surface area contributed by atoms with Crippen LogP contribution in [0.2, 0.25) is 0 Å². The Morgan fingerprint density at radius 1 is 0.892 bits per heavy atom. The minimum absolute atomic E-state index is 0.0386. The van der Waals surface area contributed by atoms with Crippen molar-refractivity contribution in [3.8, 4) is 5.75 Å². The Hall–Kier alpha value is -3.86. The highest BCUT2D eigenvalue weighted by molar-refractivity contribution is 6.08. The Kier molecular flexibility index (Phi) is 8.44. The maximum Gasteiger partial charge on any atom is 0.303 e. The molecule has 37 heavy (non-hydrogen) atoms. The molecule has 0 fully saturated rings. The third-order valence-corrected chi connectivity index (χ3v) is 6.57. The molecule has 5 heteroatoms. The van der Waals surface area contributed by atoms with Crippen LogP contribution in [0.5, 0.6) is 5.75 Å². The van der Waals surface area contributed by atoms with E-state index in [0.29, 0.717) is 24.4 Å². The molecule has 1 unspecified atom stereocenters. The third-order valence-electron chi connectivity index (χ3n) is 6.57. The van der Waals surface area contributed by atoms with E-state index < -0.39 is 5.97 Å². The lowest BCUT2D eigenvalue weighted by Crippen LogP contribution is -2.05. The summed E-state index contributed by atoms with van der Waals surface area (Å²) in [5.74, 6) is 0.628. The minimum atomic E-state index is -0.811. The molecule has 0 aliphatic heterocycles. The van der Waals surface area contributed by atoms with E-state index in [2.05, 4.69) is 38.1 Å². The first-order valence-corrected chi connectivity index (χ1v) is 13.0. The normalized spacial score (nSPS) is 12.1. The Labute approximate surface area is 218 Å². The summed E-state index contributed by atoms with van der Waals surface area (Å²) in [4.78, 5) is 24.1. The average Bonchev–Trinajstić information content (AvgIpc) is 3.24. The van der Waals surface area contributed by atoms with Crippen molar-refractivity contribution in [1.82, 2.24) is 4.57 Å². The summed E-state index contributed by atoms with van der Waals surface area (Å²) < 4.78 is 8.14. The summed E-state index contributed by atoms with van der Waals surface area (Å²) in [5.41, 5.74) is 5.01. The quantitative estimate of drug-likeness (QED) is 0.209. The highest BCUT2D eigenvalue weighted by Gasteiger charge is 2.16. The second kappa shape index (κ2) is 11.9. The summed E-state index contributed by atoms with van der Waals surface area (Å²) in [6, 6.07) is 24.1. The second-order valence-electron chi connectivity index (χ2n) is 10.1. The van der Waals surface area contributed by atoms with Crippen LogP contribution in [0.4, 0.5) is 0 Å². The van der Waals surface area contributed by atoms with Gasteiger partial charge in [0.1, 0.15) is 11.9 Å². The monoisotopic (exact) mass is 497 g/mol. The zero-order valence-electron chi connectivity index (χ0n) is 21.8. The van der Waals surface area contributed by atoms with Crippen molar-refractivity contribution in [3.05, 3.63) is 101 Å². The zero-order valence-corrected chi connectivity index (χ0v) is 21.8. The van der Waals surface area contributed by atoms with Crippen LogP contribution < -0.4 is 4.74 Å². The van der Waals surface area contributed by atoms with E-state index in [1.807, 2.05) is 66.2 Å². The van der Waals surface area contributed by atoms with Gasteiger partial charge in [0.05, 0.1) is 0 Å². The highest BCUT2D eigenvalue weighted by Crippen LogP contribution is 2.26. The van der Waals surface area contributed by atoms with Gasteiger partial charge < -0.3 is 14.4 Å². The van der Waals surface area contributed by atoms with Crippen LogP contribution in [0, 0.1) is 5.92 Å². The lowest BCUT2D eigenvalue weighted by molar-refractivity contribution is -0.137. The minimum Gasteiger partial charge on any atom is -0.486 e. The number of carboxylic acid groups (broad SMARTS) is 1. The number of rotatable bonds is 12. The fourth-order valence-electron chi connectivity index (χ4n) is 4.69. The third kappa shape index (κ3) is 6.88. The maximum atomic E-state index is 13.2. The van der Waals surface area contributed by atoms with Gasteiger partial charge in [0, 0.05) is 42.0 Å². The number of aromatic nitrogens is 1. The van der Waals surface area contributed by atoms with Crippen LogP contribution >= 0.6 is 0 Å². The van der Waals surface area contributed by atoms with Crippen molar-refractivity contribution in [3.63, 3.8) is 0 Å². The summed E-state index contributed by atoms with van der Waals surface area (Å²) >= 11 is 0. The van der Waals surface area contributed by atoms with Crippen molar-refractivity contribution in [2.24, 2.45) is 5.92 Å². The first-order valence-electron chi connectivity index (χ1n) is 13.0. The van der Waals surface area contributed by atoms with Gasteiger partial charge in [-0.05, 0) is 60.6 Å². The van der Waals surface area contributed by atoms with E-state index in [1.165, 1.54) is 5.56 Å². The van der Waals surface area contributed by atoms with Crippen molar-refractivity contribution in [1.29, 1.82) is 0 Å². The van der Waals surface area contributed by atoms with Crippen LogP contribution in [0.25, 0.3) is 10.9 Å². The molecule has 0 saturated carbocycles. The zero-order chi connectivity index (χ0) is 26.4. The van der Waals surface area contributed by atoms with Gasteiger partial charge in [0.15, 0.2) is 5.78 Å². The molecule has 4 rings (SSSR count). The molecule has 1 N–H and O–H groups in total. The van der Waals surface area contributed by atoms with Crippen LogP contribution in [0.1, 0.15) is 66.8 Å². The van der Waals surface area contributed by atoms with Gasteiger partial charge in [-0.3, -0.25) is 9.59 Å². The molecule has 1 heterocycles. The Bertz CT molecular complexity index is 1350. The summed E-state index contributed by atoms with van der Waals surface area (Å²) in [6.45, 7) is 7.05. The number of aliphatic carboxylic acids is 1. The predicted octanol–water partition coefficient (Wildman–Crippen LogP) is 7.27. The SMILES string of the molecule is CC(C)Cc1ccc(C(C)Oc2ccc(CC(=O)c3cn(CCCC(=O)O)c4ccccc34)cc2)cc1. The summed E-state index contributed by atoms with van der Waals surface area (Å²) in [5, 5.41) is 9.85. The van der Waals surface area contributed by atoms with Crippen molar-refractivity contribution in [2.45, 2.75) is 59.1 Å². The number of para-hydroxylation sites is 1. The van der Waals surface area contributed by atoms with Gasteiger partial charge >= 0.3 is 5.97 Å². The fraction of sp³-hybridized carbons (Fsp3) is 0.312. The number of ether oxygens (including phenoxy) is 1. The van der Waals surface area contributed by atoms with Crippen molar-refractivity contribution < 1.29 is 19.4 Å². The van der Waals surface area contributed by atoms with Gasteiger partial charge in [-0.15, -0.1) is 0 Å². The fourth-order valence-corrected chi connectivity index (χ4v) is 4.69. The molecular formula is C32H35NO4. The molecule has 0 radical (unpaired) electrons. The second-order valence-corrected chi connectivity index (χ2v) is 10.1. The molecule has 0 bridgehead atoms. The van der Waals surface area contributed by atoms with Crippen LogP contribution in [0.3, 0.4) is 0 Å². The van der Waals surface area contributed by atoms with Gasteiger partial charge in [0.25, 0.3) is 0 Å². The number of hydrogen-bond acceptors (Lipinski definition) is 3. The highest BCUT2D eigenvalue weighted by atomic mass is 16.5. The number of carboxylic acids is 1. The number of ketones is 1. The van der Waals surface area contributed by atoms with Crippen molar-refractivity contribution in [2.75, 3.05) is 0 Å². The molecule has 0 aliphatic carbocycles. The molecule has 0 saturated heterocycles. The van der Waals surface area contributed by atoms with Crippen LogP contribution in [-0.4, -0.2) is 21.4 Å². The van der Waals surface area contributed by atoms with Gasteiger partial charge in [0.2, 0.25) is 0 Å². The molecule has 1 atom stereocenters. The van der Waals surface area contributed by atoms with E-state index in [0.717, 1.165) is 34.2 Å². The number of nitrogens with zero attached hydrogens (tertiary/aromatic N) is 1. The smallest absolute Gasteiger partial charge is 0.303 e. The molecule has 3 aromatic carbocycles. The molecule has 1 aromatic heterocycles. The number of benzene rings is 3. The summed E-state index contributed by atoms with van der Waals surface area (Å²) in [7, 11) is 0. The van der Waals surface area contributed by atoms with Gasteiger partial charge in [-0.1, -0.05) is 68.4 Å². The maximum absolute atomic E-state index is 13.2. The first kappa shape index (κ1) is 26.2. The first-order chi connectivity index (χ1) is 17.8. The predicted molar refractivity (Wildman–Crippen MR) is 147 cm³/mol. The molecule has 5 nitrogen and oxygen atoms in total. The Morgan fingerprint density at radius 2 is 1.57 bits per heavy atom. The van der Waals surface area contributed by atoms with E-state index in [1.54, 1.807) is 0 Å². The number of carbonyl (C=O) groups excluding carboxylic acids is 1. The number of aryl methyl sites for hydroxylation is 1. The largest absolute Gasteiger partial charge is 0.486 e. The van der Waals surface area contributed by atoms with Gasteiger partial charge in [-0.25, -0.2) is 0 Å². The summed E-state index contributed by atoms with van der Waals surface area (Å²) in [6.07, 6.45) is 3.76. The molecule has 0 amide bonds. The average molecular weight is 498 g/mol. The lowest BCUT2D eigenvalue weighted by atomic mass is 10.0. The Balaban J connectivity index is 1.40. The molecular weight excluding hydrogens is 462 g/mol. The van der Waals surface area contributed by atoms with Gasteiger partial charge in [-0.2, -0.15) is 0 Å². The topological polar surface area (TPSA) is 68.5 Å². The van der Waals surface area contributed by atoms with Crippen LogP contribution in [-0.2, 0) is 24.2 Å². The van der Waals surface area contributed by atoms with Crippen LogP contribution in [0.15, 0.2) is 79.0 Å². The van der Waals surface area contributed by atoms with E-state index >= 15 is 0 Å². The van der Waals surface area contributed by atoms with E-state index in [4.69, 9.17) is 9.84 Å². The lowest BCUT2D eigenvalue weighted by Gasteiger charge is -2.16. The number of carbonyl (C=O) groups is 2. The molecule has 0 aliphatic rings. The number of hydrogen-bond donors (Lipinski definition) is 1. The standard InChI is InChI=1S/C32H35NO4/c1-22(2)19-24-10-14-26(15-11-24)23(3)37-27-16-12-25(13-17-27)20-31(34)29-21-33(18-6-9-32(35)36)30-8-5-4-7-28(29)30/h4-5,7-8,10-17,21-23H,6,9,18-20H2,1-3H3,(H,35,36). The molecule has 192 valence electrons. The van der Waals surface area contributed by atoms with E-state index in [-0.39, 0.29) is 24.7 Å². The molecule has 0 spiro atoms.